The fourth-order valence-corrected chi connectivity index (χ4v) is 4.09. The molecule has 2 atom stereocenters. The van der Waals surface area contributed by atoms with E-state index < -0.39 is 0 Å². The third-order valence-corrected chi connectivity index (χ3v) is 5.68. The SMILES string of the molecule is C[C@@H]1CCN(C(=O)N(C)CC#N)C[C@@H]1n1ccc2cnc3[nH]cc(C#N)c3c21. The molecule has 4 rings (SSSR count). The number of fused-ring (bicyclic) bond motifs is 3. The summed E-state index contributed by atoms with van der Waals surface area (Å²) in [4.78, 5) is 23.4. The van der Waals surface area contributed by atoms with E-state index >= 15 is 0 Å². The summed E-state index contributed by atoms with van der Waals surface area (Å²) in [6.45, 7) is 3.51. The molecule has 2 amide bonds. The van der Waals surface area contributed by atoms with Crippen LogP contribution < -0.4 is 0 Å². The number of hydrogen-bond donors (Lipinski definition) is 1. The maximum atomic E-state index is 12.7. The van der Waals surface area contributed by atoms with E-state index in [1.54, 1.807) is 13.2 Å². The number of hydrogen-bond acceptors (Lipinski definition) is 4. The van der Waals surface area contributed by atoms with E-state index in [0.717, 1.165) is 22.7 Å². The Labute approximate surface area is 162 Å². The van der Waals surface area contributed by atoms with Crippen molar-refractivity contribution in [1.82, 2.24) is 24.3 Å². The zero-order valence-corrected chi connectivity index (χ0v) is 15.9. The van der Waals surface area contributed by atoms with Crippen LogP contribution in [0.3, 0.4) is 0 Å². The van der Waals surface area contributed by atoms with E-state index in [1.165, 1.54) is 4.90 Å². The minimum Gasteiger partial charge on any atom is -0.345 e. The number of amides is 2. The molecule has 8 nitrogen and oxygen atoms in total. The summed E-state index contributed by atoms with van der Waals surface area (Å²) in [5, 5.41) is 20.2. The van der Waals surface area contributed by atoms with E-state index in [1.807, 2.05) is 29.4 Å². The Morgan fingerprint density at radius 2 is 2.29 bits per heavy atom. The Balaban J connectivity index is 1.76. The second-order valence-corrected chi connectivity index (χ2v) is 7.40. The molecular weight excluding hydrogens is 354 g/mol. The highest BCUT2D eigenvalue weighted by Gasteiger charge is 2.32. The predicted molar refractivity (Wildman–Crippen MR) is 104 cm³/mol. The summed E-state index contributed by atoms with van der Waals surface area (Å²) >= 11 is 0. The number of pyridine rings is 1. The summed E-state index contributed by atoms with van der Waals surface area (Å²) < 4.78 is 2.18. The zero-order chi connectivity index (χ0) is 19.8. The van der Waals surface area contributed by atoms with Crippen molar-refractivity contribution in [2.45, 2.75) is 19.4 Å². The van der Waals surface area contributed by atoms with E-state index in [9.17, 15) is 10.1 Å². The number of nitriles is 2. The topological polar surface area (TPSA) is 105 Å². The van der Waals surface area contributed by atoms with Crippen LogP contribution in [0.15, 0.2) is 24.7 Å². The minimum atomic E-state index is -0.124. The molecule has 0 aliphatic carbocycles. The third kappa shape index (κ3) is 2.74. The van der Waals surface area contributed by atoms with Crippen molar-refractivity contribution in [3.63, 3.8) is 0 Å². The van der Waals surface area contributed by atoms with Crippen LogP contribution >= 0.6 is 0 Å². The van der Waals surface area contributed by atoms with E-state index in [0.29, 0.717) is 30.2 Å². The number of rotatable bonds is 2. The first-order valence-corrected chi connectivity index (χ1v) is 9.29. The van der Waals surface area contributed by atoms with Crippen molar-refractivity contribution < 1.29 is 4.79 Å². The van der Waals surface area contributed by atoms with Crippen molar-refractivity contribution in [1.29, 1.82) is 10.5 Å². The number of nitrogens with one attached hydrogen (secondary N) is 1. The number of H-pyrrole nitrogens is 1. The number of aromatic nitrogens is 3. The number of likely N-dealkylation sites (tertiary alicyclic amines) is 1. The van der Waals surface area contributed by atoms with E-state index in [2.05, 4.69) is 27.5 Å². The summed E-state index contributed by atoms with van der Waals surface area (Å²) in [6.07, 6.45) is 6.39. The number of nitrogens with zero attached hydrogens (tertiary/aromatic N) is 6. The van der Waals surface area contributed by atoms with Gasteiger partial charge in [-0.15, -0.1) is 0 Å². The number of aromatic amines is 1. The summed E-state index contributed by atoms with van der Waals surface area (Å²) in [6, 6.07) is 6.23. The van der Waals surface area contributed by atoms with Crippen molar-refractivity contribution >= 4 is 28.0 Å². The lowest BCUT2D eigenvalue weighted by molar-refractivity contribution is 0.121. The monoisotopic (exact) mass is 375 g/mol. The number of carbonyl (C=O) groups excluding carboxylic acids is 1. The number of urea groups is 1. The molecule has 0 bridgehead atoms. The van der Waals surface area contributed by atoms with Crippen LogP contribution in [0.5, 0.6) is 0 Å². The molecule has 0 aromatic carbocycles. The van der Waals surface area contributed by atoms with E-state index in [4.69, 9.17) is 5.26 Å². The maximum absolute atomic E-state index is 12.7. The largest absolute Gasteiger partial charge is 0.345 e. The highest BCUT2D eigenvalue weighted by Crippen LogP contribution is 2.35. The van der Waals surface area contributed by atoms with Crippen molar-refractivity contribution in [3.8, 4) is 12.1 Å². The molecule has 8 heteroatoms. The molecule has 1 saturated heterocycles. The van der Waals surface area contributed by atoms with Gasteiger partial charge in [-0.3, -0.25) is 0 Å². The molecule has 0 unspecified atom stereocenters. The molecule has 3 aromatic rings. The first-order valence-electron chi connectivity index (χ1n) is 9.29. The maximum Gasteiger partial charge on any atom is 0.320 e. The molecule has 0 saturated carbocycles. The molecule has 142 valence electrons. The average molecular weight is 375 g/mol. The van der Waals surface area contributed by atoms with Crippen LogP contribution in [0.25, 0.3) is 21.9 Å². The van der Waals surface area contributed by atoms with Gasteiger partial charge in [-0.25, -0.2) is 9.78 Å². The molecule has 0 spiro atoms. The van der Waals surface area contributed by atoms with Gasteiger partial charge in [-0.2, -0.15) is 10.5 Å². The average Bonchev–Trinajstić information content (AvgIpc) is 3.31. The normalized spacial score (nSPS) is 19.5. The van der Waals surface area contributed by atoms with Crippen LogP contribution in [0, 0.1) is 28.6 Å². The number of carbonyl (C=O) groups is 1. The lowest BCUT2D eigenvalue weighted by Gasteiger charge is -2.39. The Hall–Kier alpha value is -3.52. The quantitative estimate of drug-likeness (QED) is 0.695. The first kappa shape index (κ1) is 17.9. The molecule has 1 fully saturated rings. The lowest BCUT2D eigenvalue weighted by Crippen LogP contribution is -2.48. The van der Waals surface area contributed by atoms with Gasteiger partial charge in [-0.1, -0.05) is 6.92 Å². The number of piperidine rings is 1. The van der Waals surface area contributed by atoms with Crippen molar-refractivity contribution in [2.75, 3.05) is 26.7 Å². The van der Waals surface area contributed by atoms with Gasteiger partial charge in [0.1, 0.15) is 18.3 Å². The summed E-state index contributed by atoms with van der Waals surface area (Å²) in [5.74, 6) is 0.369. The fourth-order valence-electron chi connectivity index (χ4n) is 4.09. The molecular formula is C20H21N7O. The van der Waals surface area contributed by atoms with Gasteiger partial charge in [-0.05, 0) is 18.4 Å². The smallest absolute Gasteiger partial charge is 0.320 e. The second kappa shape index (κ2) is 6.90. The fraction of sp³-hybridized carbons (Fsp3) is 0.400. The van der Waals surface area contributed by atoms with Gasteiger partial charge in [0.05, 0.1) is 28.6 Å². The Bertz CT molecular complexity index is 1130. The third-order valence-electron chi connectivity index (χ3n) is 5.68. The van der Waals surface area contributed by atoms with E-state index in [-0.39, 0.29) is 18.6 Å². The summed E-state index contributed by atoms with van der Waals surface area (Å²) in [5.41, 5.74) is 2.23. The lowest BCUT2D eigenvalue weighted by atomic mass is 9.93. The highest BCUT2D eigenvalue weighted by atomic mass is 16.2. The van der Waals surface area contributed by atoms with Crippen molar-refractivity contribution in [2.24, 2.45) is 5.92 Å². The van der Waals surface area contributed by atoms with Gasteiger partial charge in [0.2, 0.25) is 0 Å². The minimum absolute atomic E-state index is 0.0726. The van der Waals surface area contributed by atoms with Gasteiger partial charge in [0, 0.05) is 44.1 Å². The zero-order valence-electron chi connectivity index (χ0n) is 15.9. The van der Waals surface area contributed by atoms with Gasteiger partial charge < -0.3 is 19.4 Å². The standard InChI is InChI=1S/C20H21N7O/c1-13-3-6-26(20(28)25(2)8-5-21)12-16(13)27-7-4-14-10-23-19-17(18(14)27)15(9-22)11-24-19/h4,7,10-11,13,16H,3,6,8,12H2,1-2H3,(H,23,24)/t13-,16+/m1/s1. The van der Waals surface area contributed by atoms with Crippen LogP contribution in [0.2, 0.25) is 0 Å². The van der Waals surface area contributed by atoms with Gasteiger partial charge in [0.15, 0.2) is 0 Å². The van der Waals surface area contributed by atoms with Crippen LogP contribution in [-0.4, -0.2) is 57.0 Å². The Kier molecular flexibility index (Phi) is 4.40. The van der Waals surface area contributed by atoms with Crippen LogP contribution in [-0.2, 0) is 0 Å². The molecule has 1 aliphatic heterocycles. The molecule has 1 N–H and O–H groups in total. The van der Waals surface area contributed by atoms with Gasteiger partial charge >= 0.3 is 6.03 Å². The highest BCUT2D eigenvalue weighted by molar-refractivity contribution is 6.05. The summed E-state index contributed by atoms with van der Waals surface area (Å²) in [7, 11) is 1.65. The van der Waals surface area contributed by atoms with Gasteiger partial charge in [0.25, 0.3) is 0 Å². The van der Waals surface area contributed by atoms with Crippen LogP contribution in [0.4, 0.5) is 4.79 Å². The Morgan fingerprint density at radius 3 is 3.04 bits per heavy atom. The molecule has 1 aliphatic rings. The Morgan fingerprint density at radius 1 is 1.46 bits per heavy atom. The van der Waals surface area contributed by atoms with Crippen molar-refractivity contribution in [3.05, 3.63) is 30.2 Å². The van der Waals surface area contributed by atoms with Crippen LogP contribution in [0.1, 0.15) is 24.9 Å². The molecule has 0 radical (unpaired) electrons. The predicted octanol–water partition coefficient (Wildman–Crippen LogP) is 2.85. The first-order chi connectivity index (χ1) is 13.5. The molecule has 3 aromatic heterocycles. The molecule has 4 heterocycles. The second-order valence-electron chi connectivity index (χ2n) is 7.40. The molecule has 28 heavy (non-hydrogen) atoms.